The van der Waals surface area contributed by atoms with Gasteiger partial charge >= 0.3 is 0 Å². The molecule has 0 spiro atoms. The number of halogens is 1. The molecule has 0 aromatic heterocycles. The molecule has 1 N–H and O–H groups in total. The lowest BCUT2D eigenvalue weighted by Crippen LogP contribution is -2.51. The van der Waals surface area contributed by atoms with E-state index < -0.39 is 0 Å². The SMILES string of the molecule is CC(C)C(C(=O)N1CCN(CCO)CC1)c1cccc(Cl)c1. The first-order valence-electron chi connectivity index (χ1n) is 7.90. The molecule has 2 rings (SSSR count). The number of carbonyl (C=O) groups is 1. The van der Waals surface area contributed by atoms with Gasteiger partial charge in [0, 0.05) is 37.7 Å². The largest absolute Gasteiger partial charge is 0.395 e. The fourth-order valence-electron chi connectivity index (χ4n) is 3.04. The Morgan fingerprint density at radius 3 is 2.50 bits per heavy atom. The van der Waals surface area contributed by atoms with Gasteiger partial charge in [-0.05, 0) is 23.6 Å². The van der Waals surface area contributed by atoms with E-state index in [0.29, 0.717) is 11.6 Å². The number of amides is 1. The Hall–Kier alpha value is -1.10. The van der Waals surface area contributed by atoms with Crippen molar-refractivity contribution in [2.45, 2.75) is 19.8 Å². The average Bonchev–Trinajstić information content (AvgIpc) is 2.48. The Bertz CT molecular complexity index is 499. The number of hydrogen-bond acceptors (Lipinski definition) is 3. The maximum absolute atomic E-state index is 12.9. The molecule has 1 heterocycles. The summed E-state index contributed by atoms with van der Waals surface area (Å²) in [7, 11) is 0. The molecule has 1 unspecified atom stereocenters. The van der Waals surface area contributed by atoms with Crippen molar-refractivity contribution in [3.05, 3.63) is 34.9 Å². The highest BCUT2D eigenvalue weighted by Gasteiger charge is 2.30. The van der Waals surface area contributed by atoms with Crippen LogP contribution in [0.1, 0.15) is 25.3 Å². The summed E-state index contributed by atoms with van der Waals surface area (Å²) in [4.78, 5) is 17.1. The minimum absolute atomic E-state index is 0.150. The molecular weight excluding hydrogens is 300 g/mol. The highest BCUT2D eigenvalue weighted by atomic mass is 35.5. The highest BCUT2D eigenvalue weighted by molar-refractivity contribution is 6.30. The summed E-state index contributed by atoms with van der Waals surface area (Å²) in [5.41, 5.74) is 0.991. The third-order valence-corrected chi connectivity index (χ3v) is 4.48. The average molecular weight is 325 g/mol. The number of piperazine rings is 1. The molecule has 0 bridgehead atoms. The zero-order valence-electron chi connectivity index (χ0n) is 13.3. The molecule has 1 aromatic carbocycles. The first kappa shape index (κ1) is 17.3. The minimum atomic E-state index is -0.150. The van der Waals surface area contributed by atoms with E-state index in [2.05, 4.69) is 18.7 Å². The molecule has 1 fully saturated rings. The maximum atomic E-state index is 12.9. The van der Waals surface area contributed by atoms with Crippen molar-refractivity contribution in [2.24, 2.45) is 5.92 Å². The number of β-amino-alcohol motifs (C(OH)–C–C–N with tert-alkyl or cyclic N) is 1. The van der Waals surface area contributed by atoms with E-state index in [1.807, 2.05) is 29.2 Å². The monoisotopic (exact) mass is 324 g/mol. The van der Waals surface area contributed by atoms with Crippen LogP contribution in [0.15, 0.2) is 24.3 Å². The van der Waals surface area contributed by atoms with Gasteiger partial charge in [-0.3, -0.25) is 9.69 Å². The predicted molar refractivity (Wildman–Crippen MR) is 89.1 cm³/mol. The summed E-state index contributed by atoms with van der Waals surface area (Å²) in [6, 6.07) is 7.61. The zero-order valence-corrected chi connectivity index (χ0v) is 14.1. The lowest BCUT2D eigenvalue weighted by molar-refractivity contribution is -0.135. The van der Waals surface area contributed by atoms with Crippen LogP contribution in [0.2, 0.25) is 5.02 Å². The Kier molecular flexibility index (Phi) is 6.24. The zero-order chi connectivity index (χ0) is 16.1. The van der Waals surface area contributed by atoms with Gasteiger partial charge in [-0.25, -0.2) is 0 Å². The van der Waals surface area contributed by atoms with Gasteiger partial charge in [0.1, 0.15) is 0 Å². The number of aliphatic hydroxyl groups is 1. The van der Waals surface area contributed by atoms with E-state index in [1.165, 1.54) is 0 Å². The van der Waals surface area contributed by atoms with E-state index in [-0.39, 0.29) is 24.3 Å². The van der Waals surface area contributed by atoms with Gasteiger partial charge in [-0.2, -0.15) is 0 Å². The summed E-state index contributed by atoms with van der Waals surface area (Å²) in [6.45, 7) is 8.11. The third-order valence-electron chi connectivity index (χ3n) is 4.24. The van der Waals surface area contributed by atoms with Gasteiger partial charge in [0.15, 0.2) is 0 Å². The van der Waals surface area contributed by atoms with Crippen LogP contribution in [-0.4, -0.2) is 60.1 Å². The Labute approximate surface area is 137 Å². The Balaban J connectivity index is 2.08. The van der Waals surface area contributed by atoms with Crippen LogP contribution >= 0.6 is 11.6 Å². The molecule has 1 saturated heterocycles. The second-order valence-electron chi connectivity index (χ2n) is 6.17. The third kappa shape index (κ3) is 4.22. The number of nitrogens with zero attached hydrogens (tertiary/aromatic N) is 2. The molecule has 0 aliphatic carbocycles. The van der Waals surface area contributed by atoms with E-state index in [1.54, 1.807) is 0 Å². The molecule has 0 radical (unpaired) electrons. The number of benzene rings is 1. The molecule has 122 valence electrons. The minimum Gasteiger partial charge on any atom is -0.395 e. The molecule has 1 atom stereocenters. The van der Waals surface area contributed by atoms with Gasteiger partial charge in [-0.1, -0.05) is 37.6 Å². The molecular formula is C17H25ClN2O2. The Morgan fingerprint density at radius 2 is 1.95 bits per heavy atom. The van der Waals surface area contributed by atoms with Crippen molar-refractivity contribution >= 4 is 17.5 Å². The summed E-state index contributed by atoms with van der Waals surface area (Å²) in [6.07, 6.45) is 0. The van der Waals surface area contributed by atoms with Crippen molar-refractivity contribution in [3.8, 4) is 0 Å². The lowest BCUT2D eigenvalue weighted by Gasteiger charge is -2.37. The van der Waals surface area contributed by atoms with Crippen LogP contribution in [0, 0.1) is 5.92 Å². The summed E-state index contributed by atoms with van der Waals surface area (Å²) in [5.74, 6) is 0.255. The van der Waals surface area contributed by atoms with Crippen LogP contribution in [0.25, 0.3) is 0 Å². The number of hydrogen-bond donors (Lipinski definition) is 1. The van der Waals surface area contributed by atoms with E-state index in [4.69, 9.17) is 16.7 Å². The van der Waals surface area contributed by atoms with Gasteiger partial charge in [0.05, 0.1) is 12.5 Å². The van der Waals surface area contributed by atoms with Gasteiger partial charge in [0.25, 0.3) is 0 Å². The van der Waals surface area contributed by atoms with Crippen LogP contribution < -0.4 is 0 Å². The fourth-order valence-corrected chi connectivity index (χ4v) is 3.24. The molecule has 5 heteroatoms. The van der Waals surface area contributed by atoms with Gasteiger partial charge < -0.3 is 10.0 Å². The van der Waals surface area contributed by atoms with Crippen molar-refractivity contribution in [3.63, 3.8) is 0 Å². The Morgan fingerprint density at radius 1 is 1.27 bits per heavy atom. The molecule has 1 aliphatic heterocycles. The molecule has 1 amide bonds. The van der Waals surface area contributed by atoms with Crippen LogP contribution in [0.3, 0.4) is 0 Å². The van der Waals surface area contributed by atoms with Crippen LogP contribution in [-0.2, 0) is 4.79 Å². The molecule has 0 saturated carbocycles. The second kappa shape index (κ2) is 7.95. The predicted octanol–water partition coefficient (Wildman–Crippen LogP) is 2.22. The lowest BCUT2D eigenvalue weighted by atomic mass is 9.87. The normalized spacial score (nSPS) is 17.8. The first-order chi connectivity index (χ1) is 10.5. The summed E-state index contributed by atoms with van der Waals surface area (Å²) < 4.78 is 0. The van der Waals surface area contributed by atoms with Crippen molar-refractivity contribution in [2.75, 3.05) is 39.3 Å². The summed E-state index contributed by atoms with van der Waals surface area (Å²) in [5, 5.41) is 9.66. The van der Waals surface area contributed by atoms with E-state index in [0.717, 1.165) is 31.7 Å². The first-order valence-corrected chi connectivity index (χ1v) is 8.28. The van der Waals surface area contributed by atoms with Crippen molar-refractivity contribution < 1.29 is 9.90 Å². The number of aliphatic hydroxyl groups excluding tert-OH is 1. The van der Waals surface area contributed by atoms with Gasteiger partial charge in [0.2, 0.25) is 5.91 Å². The summed E-state index contributed by atoms with van der Waals surface area (Å²) >= 11 is 6.08. The fraction of sp³-hybridized carbons (Fsp3) is 0.588. The van der Waals surface area contributed by atoms with Gasteiger partial charge in [-0.15, -0.1) is 0 Å². The number of rotatable bonds is 5. The molecule has 4 nitrogen and oxygen atoms in total. The van der Waals surface area contributed by atoms with E-state index >= 15 is 0 Å². The molecule has 1 aromatic rings. The maximum Gasteiger partial charge on any atom is 0.230 e. The number of carbonyl (C=O) groups excluding carboxylic acids is 1. The second-order valence-corrected chi connectivity index (χ2v) is 6.60. The quantitative estimate of drug-likeness (QED) is 0.903. The molecule has 1 aliphatic rings. The van der Waals surface area contributed by atoms with Crippen molar-refractivity contribution in [1.29, 1.82) is 0 Å². The standard InChI is InChI=1S/C17H25ClN2O2/c1-13(2)16(14-4-3-5-15(18)12-14)17(22)20-8-6-19(7-9-20)10-11-21/h3-5,12-13,16,21H,6-11H2,1-2H3. The smallest absolute Gasteiger partial charge is 0.230 e. The molecule has 22 heavy (non-hydrogen) atoms. The van der Waals surface area contributed by atoms with E-state index in [9.17, 15) is 4.79 Å². The van der Waals surface area contributed by atoms with Crippen LogP contribution in [0.4, 0.5) is 0 Å². The van der Waals surface area contributed by atoms with Crippen molar-refractivity contribution in [1.82, 2.24) is 9.80 Å². The van der Waals surface area contributed by atoms with Crippen LogP contribution in [0.5, 0.6) is 0 Å². The topological polar surface area (TPSA) is 43.8 Å². The highest BCUT2D eigenvalue weighted by Crippen LogP contribution is 2.29.